The number of ether oxygens (including phenoxy) is 4. The quantitative estimate of drug-likeness (QED) is 0.220. The number of aromatic nitrogens is 3. The molecule has 1 aliphatic carbocycles. The van der Waals surface area contributed by atoms with Crippen LogP contribution in [0.1, 0.15) is 45.4 Å². The SMILES string of the molecule is CCC(COC)N1CCCC2(COc3nc(N4CCOCC(O)C4)c4c(OC)nc(-c5cc(O)cc6cccc(F)c56)c(F)c4n3)CCCC12. The molecule has 0 spiro atoms. The molecule has 4 unspecified atom stereocenters. The van der Waals surface area contributed by atoms with Crippen molar-refractivity contribution in [2.24, 2.45) is 5.41 Å². The van der Waals surface area contributed by atoms with Crippen LogP contribution in [-0.4, -0.2) is 109 Å². The number of aromatic hydroxyl groups is 1. The van der Waals surface area contributed by atoms with Gasteiger partial charge in [-0.3, -0.25) is 4.90 Å². The van der Waals surface area contributed by atoms with Crippen LogP contribution in [0.4, 0.5) is 14.6 Å². The summed E-state index contributed by atoms with van der Waals surface area (Å²) in [5.41, 5.74) is -0.441. The molecule has 2 aliphatic heterocycles. The number of β-amino-alcohol motifs (C(OH)–C–C–N with tert-alkyl or cyclic N) is 1. The first kappa shape index (κ1) is 34.5. The van der Waals surface area contributed by atoms with Gasteiger partial charge in [0.15, 0.2) is 5.82 Å². The van der Waals surface area contributed by atoms with E-state index in [1.807, 2.05) is 0 Å². The number of benzene rings is 2. The third-order valence-corrected chi connectivity index (χ3v) is 10.8. The summed E-state index contributed by atoms with van der Waals surface area (Å²) < 4.78 is 55.8. The van der Waals surface area contributed by atoms with Gasteiger partial charge in [-0.15, -0.1) is 0 Å². The van der Waals surface area contributed by atoms with Gasteiger partial charge in [0.05, 0.1) is 39.6 Å². The van der Waals surface area contributed by atoms with E-state index in [0.29, 0.717) is 43.8 Å². The number of hydrogen-bond donors (Lipinski definition) is 2. The molecule has 0 bridgehead atoms. The predicted octanol–water partition coefficient (Wildman–Crippen LogP) is 5.47. The van der Waals surface area contributed by atoms with Gasteiger partial charge in [0.25, 0.3) is 0 Å². The number of piperidine rings is 1. The Morgan fingerprint density at radius 2 is 1.92 bits per heavy atom. The monoisotopic (exact) mass is 693 g/mol. The summed E-state index contributed by atoms with van der Waals surface area (Å²) in [7, 11) is 3.15. The molecule has 4 atom stereocenters. The second-order valence-corrected chi connectivity index (χ2v) is 13.8. The Kier molecular flexibility index (Phi) is 9.93. The van der Waals surface area contributed by atoms with Gasteiger partial charge < -0.3 is 34.1 Å². The number of likely N-dealkylation sites (tertiary alicyclic amines) is 1. The van der Waals surface area contributed by atoms with Gasteiger partial charge in [0, 0.05) is 48.6 Å². The van der Waals surface area contributed by atoms with Gasteiger partial charge in [-0.25, -0.2) is 13.8 Å². The molecule has 268 valence electrons. The molecule has 2 aromatic heterocycles. The van der Waals surface area contributed by atoms with Crippen molar-refractivity contribution in [1.29, 1.82) is 0 Å². The van der Waals surface area contributed by atoms with Gasteiger partial charge in [-0.2, -0.15) is 9.97 Å². The molecule has 11 nitrogen and oxygen atoms in total. The van der Waals surface area contributed by atoms with Crippen molar-refractivity contribution in [3.8, 4) is 28.9 Å². The maximum absolute atomic E-state index is 17.0. The molecule has 50 heavy (non-hydrogen) atoms. The van der Waals surface area contributed by atoms with Crippen LogP contribution in [0.15, 0.2) is 30.3 Å². The number of nitrogens with zero attached hydrogens (tertiary/aromatic N) is 5. The van der Waals surface area contributed by atoms with Gasteiger partial charge in [-0.05, 0) is 62.2 Å². The van der Waals surface area contributed by atoms with Crippen molar-refractivity contribution in [1.82, 2.24) is 19.9 Å². The van der Waals surface area contributed by atoms with Crippen molar-refractivity contribution in [2.75, 3.05) is 65.2 Å². The number of aliphatic hydroxyl groups excluding tert-OH is 1. The number of phenolic OH excluding ortho intramolecular Hbond substituents is 1. The molecule has 1 saturated carbocycles. The van der Waals surface area contributed by atoms with E-state index >= 15 is 8.78 Å². The number of pyridine rings is 1. The maximum atomic E-state index is 17.0. The summed E-state index contributed by atoms with van der Waals surface area (Å²) in [4.78, 5) is 18.4. The van der Waals surface area contributed by atoms with Gasteiger partial charge >= 0.3 is 6.01 Å². The molecule has 2 saturated heterocycles. The lowest BCUT2D eigenvalue weighted by atomic mass is 9.75. The van der Waals surface area contributed by atoms with Crippen molar-refractivity contribution >= 4 is 27.5 Å². The van der Waals surface area contributed by atoms with Crippen molar-refractivity contribution in [3.63, 3.8) is 0 Å². The zero-order valence-electron chi connectivity index (χ0n) is 28.8. The minimum atomic E-state index is -0.845. The van der Waals surface area contributed by atoms with E-state index < -0.39 is 17.7 Å². The highest BCUT2D eigenvalue weighted by Crippen LogP contribution is 2.49. The Morgan fingerprint density at radius 3 is 2.72 bits per heavy atom. The fraction of sp³-hybridized carbons (Fsp3) is 0.541. The number of fused-ring (bicyclic) bond motifs is 3. The van der Waals surface area contributed by atoms with E-state index in [1.165, 1.54) is 31.4 Å². The van der Waals surface area contributed by atoms with Gasteiger partial charge in [0.1, 0.15) is 34.0 Å². The smallest absolute Gasteiger partial charge is 0.319 e. The molecule has 2 N–H and O–H groups in total. The largest absolute Gasteiger partial charge is 0.508 e. The average Bonchev–Trinajstić information content (AvgIpc) is 3.43. The topological polar surface area (TPSA) is 123 Å². The molecule has 0 amide bonds. The second kappa shape index (κ2) is 14.4. The molecule has 4 heterocycles. The van der Waals surface area contributed by atoms with E-state index in [4.69, 9.17) is 23.9 Å². The number of aliphatic hydroxyl groups is 1. The number of methoxy groups -OCH3 is 2. The number of anilines is 1. The molecule has 4 aromatic rings. The van der Waals surface area contributed by atoms with Crippen molar-refractivity contribution < 1.29 is 37.9 Å². The molecular formula is C37H45F2N5O6. The molecule has 3 aliphatic rings. The zero-order valence-corrected chi connectivity index (χ0v) is 28.8. The number of phenols is 1. The van der Waals surface area contributed by atoms with Crippen LogP contribution < -0.4 is 14.4 Å². The highest BCUT2D eigenvalue weighted by atomic mass is 19.1. The van der Waals surface area contributed by atoms with E-state index in [9.17, 15) is 10.2 Å². The average molecular weight is 694 g/mol. The Labute approximate surface area is 290 Å². The van der Waals surface area contributed by atoms with Crippen LogP contribution in [0.2, 0.25) is 0 Å². The highest BCUT2D eigenvalue weighted by Gasteiger charge is 2.50. The Balaban J connectivity index is 1.36. The van der Waals surface area contributed by atoms with E-state index in [0.717, 1.165) is 45.1 Å². The van der Waals surface area contributed by atoms with Crippen LogP contribution in [0.5, 0.6) is 17.6 Å². The van der Waals surface area contributed by atoms with Crippen molar-refractivity contribution in [3.05, 3.63) is 42.0 Å². The lowest BCUT2D eigenvalue weighted by molar-refractivity contribution is -0.0398. The number of halogens is 2. The molecule has 13 heteroatoms. The lowest BCUT2D eigenvalue weighted by Gasteiger charge is -2.49. The van der Waals surface area contributed by atoms with Crippen LogP contribution in [0.3, 0.4) is 0 Å². The Morgan fingerprint density at radius 1 is 1.08 bits per heavy atom. The van der Waals surface area contributed by atoms with Gasteiger partial charge in [0.2, 0.25) is 5.88 Å². The molecular weight excluding hydrogens is 648 g/mol. The third kappa shape index (κ3) is 6.29. The first-order chi connectivity index (χ1) is 24.3. The normalized spacial score (nSPS) is 23.6. The molecule has 7 rings (SSSR count). The highest BCUT2D eigenvalue weighted by molar-refractivity contribution is 6.02. The zero-order chi connectivity index (χ0) is 35.0. The Hall–Kier alpha value is -3.91. The summed E-state index contributed by atoms with van der Waals surface area (Å²) in [5, 5.41) is 21.9. The van der Waals surface area contributed by atoms with Crippen LogP contribution in [0, 0.1) is 17.0 Å². The summed E-state index contributed by atoms with van der Waals surface area (Å²) in [6.45, 7) is 5.21. The van der Waals surface area contributed by atoms with Gasteiger partial charge in [-0.1, -0.05) is 25.5 Å². The Bertz CT molecular complexity index is 1870. The number of hydrogen-bond acceptors (Lipinski definition) is 11. The van der Waals surface area contributed by atoms with Crippen LogP contribution >= 0.6 is 0 Å². The standard InChI is InChI=1S/C37H45F2N5O6/c1-4-23(19-47-2)44-13-7-12-37(11-6-10-28(37)44)21-50-36-41-33-30(34(42-36)43-14-15-49-20-25(46)18-43)35(48-3)40-32(31(33)39)26-17-24(45)16-22-8-5-9-27(38)29(22)26/h5,8-9,16-17,23,25,28,45-46H,4,6-7,10-15,18-21H2,1-3H3. The van der Waals surface area contributed by atoms with E-state index in [-0.39, 0.29) is 69.6 Å². The minimum Gasteiger partial charge on any atom is -0.508 e. The summed E-state index contributed by atoms with van der Waals surface area (Å²) in [6.07, 6.45) is 5.35. The fourth-order valence-electron chi connectivity index (χ4n) is 8.49. The summed E-state index contributed by atoms with van der Waals surface area (Å²) in [6, 6.07) is 7.74. The third-order valence-electron chi connectivity index (χ3n) is 10.8. The van der Waals surface area contributed by atoms with E-state index in [1.54, 1.807) is 18.1 Å². The first-order valence-corrected chi connectivity index (χ1v) is 17.5. The minimum absolute atomic E-state index is 0.00607. The molecule has 0 radical (unpaired) electrons. The van der Waals surface area contributed by atoms with Crippen LogP contribution in [0.25, 0.3) is 32.9 Å². The van der Waals surface area contributed by atoms with Crippen LogP contribution in [-0.2, 0) is 9.47 Å². The van der Waals surface area contributed by atoms with E-state index in [2.05, 4.69) is 21.8 Å². The lowest BCUT2D eigenvalue weighted by Crippen LogP contribution is -2.56. The molecule has 3 fully saturated rings. The number of rotatable bonds is 10. The fourth-order valence-corrected chi connectivity index (χ4v) is 8.49. The second-order valence-electron chi connectivity index (χ2n) is 13.8. The predicted molar refractivity (Wildman–Crippen MR) is 185 cm³/mol. The first-order valence-electron chi connectivity index (χ1n) is 17.5. The van der Waals surface area contributed by atoms with Crippen molar-refractivity contribution in [2.45, 2.75) is 63.6 Å². The molecule has 2 aromatic carbocycles. The summed E-state index contributed by atoms with van der Waals surface area (Å²) in [5.74, 6) is -1.32. The summed E-state index contributed by atoms with van der Waals surface area (Å²) >= 11 is 0. The maximum Gasteiger partial charge on any atom is 0.319 e.